The number of H-pyrrole nitrogens is 1. The molecular weight excluding hydrogens is 212 g/mol. The summed E-state index contributed by atoms with van der Waals surface area (Å²) >= 11 is 0. The van der Waals surface area contributed by atoms with E-state index in [1.807, 2.05) is 6.07 Å². The summed E-state index contributed by atoms with van der Waals surface area (Å²) in [5.41, 5.74) is 3.41. The molecule has 17 heavy (non-hydrogen) atoms. The maximum absolute atomic E-state index is 12.0. The number of fused-ring (bicyclic) bond motifs is 3. The summed E-state index contributed by atoms with van der Waals surface area (Å²) in [6, 6.07) is 4.13. The third-order valence-corrected chi connectivity index (χ3v) is 3.64. The van der Waals surface area contributed by atoms with Crippen molar-refractivity contribution in [3.63, 3.8) is 0 Å². The quantitative estimate of drug-likeness (QED) is 0.753. The van der Waals surface area contributed by atoms with Gasteiger partial charge in [0.25, 0.3) is 5.56 Å². The number of aromatic amines is 1. The van der Waals surface area contributed by atoms with Gasteiger partial charge >= 0.3 is 0 Å². The minimum Gasteiger partial charge on any atom is -0.313 e. The molecule has 0 atom stereocenters. The molecule has 1 aromatic carbocycles. The smallest absolute Gasteiger partial charge is 0.258 e. The van der Waals surface area contributed by atoms with Crippen molar-refractivity contribution in [1.82, 2.24) is 9.97 Å². The molecule has 1 aliphatic rings. The monoisotopic (exact) mass is 228 g/mol. The maximum atomic E-state index is 12.0. The van der Waals surface area contributed by atoms with E-state index >= 15 is 0 Å². The largest absolute Gasteiger partial charge is 0.313 e. The molecular formula is C14H16N2O. The molecule has 1 aromatic heterocycles. The van der Waals surface area contributed by atoms with Crippen molar-refractivity contribution in [2.75, 3.05) is 0 Å². The Bertz CT molecular complexity index is 601. The van der Waals surface area contributed by atoms with Crippen LogP contribution in [0.4, 0.5) is 0 Å². The van der Waals surface area contributed by atoms with Gasteiger partial charge < -0.3 is 4.98 Å². The first-order valence-electron chi connectivity index (χ1n) is 6.34. The van der Waals surface area contributed by atoms with Gasteiger partial charge in [0, 0.05) is 0 Å². The van der Waals surface area contributed by atoms with E-state index in [2.05, 4.69) is 16.0 Å². The van der Waals surface area contributed by atoms with E-state index in [1.54, 1.807) is 0 Å². The molecule has 3 heteroatoms. The molecule has 3 nitrogen and oxygen atoms in total. The van der Waals surface area contributed by atoms with Crippen LogP contribution in [0, 0.1) is 0 Å². The molecule has 1 heterocycles. The lowest BCUT2D eigenvalue weighted by molar-refractivity contribution is 0.619. The van der Waals surface area contributed by atoms with E-state index in [4.69, 9.17) is 0 Å². The number of benzene rings is 1. The van der Waals surface area contributed by atoms with E-state index in [1.165, 1.54) is 43.1 Å². The Kier molecular flexibility index (Phi) is 2.67. The van der Waals surface area contributed by atoms with Crippen LogP contribution in [0.2, 0.25) is 0 Å². The van der Waals surface area contributed by atoms with Crippen molar-refractivity contribution >= 4 is 10.9 Å². The van der Waals surface area contributed by atoms with Gasteiger partial charge in [-0.05, 0) is 42.9 Å². The Morgan fingerprint density at radius 1 is 1.06 bits per heavy atom. The normalized spacial score (nSPS) is 16.2. The van der Waals surface area contributed by atoms with Gasteiger partial charge in [-0.1, -0.05) is 18.9 Å². The highest BCUT2D eigenvalue weighted by atomic mass is 16.1. The molecule has 2 aromatic rings. The molecule has 88 valence electrons. The highest BCUT2D eigenvalue weighted by Crippen LogP contribution is 2.24. The van der Waals surface area contributed by atoms with Gasteiger partial charge in [-0.3, -0.25) is 4.79 Å². The zero-order chi connectivity index (χ0) is 11.7. The molecule has 1 N–H and O–H groups in total. The SMILES string of the molecule is O=c1[nH]cnc2ccc3c(c12)CCCCCC3. The fourth-order valence-electron chi connectivity index (χ4n) is 2.76. The zero-order valence-electron chi connectivity index (χ0n) is 9.83. The third-order valence-electron chi connectivity index (χ3n) is 3.64. The topological polar surface area (TPSA) is 45.8 Å². The molecule has 0 spiro atoms. The van der Waals surface area contributed by atoms with Gasteiger partial charge in [-0.25, -0.2) is 4.98 Å². The minimum atomic E-state index is 0.00687. The summed E-state index contributed by atoms with van der Waals surface area (Å²) in [5.74, 6) is 0. The number of nitrogens with one attached hydrogen (secondary N) is 1. The zero-order valence-corrected chi connectivity index (χ0v) is 9.83. The van der Waals surface area contributed by atoms with E-state index in [9.17, 15) is 4.79 Å². The van der Waals surface area contributed by atoms with E-state index in [-0.39, 0.29) is 5.56 Å². The molecule has 0 saturated heterocycles. The Labute approximate surface area is 99.9 Å². The maximum Gasteiger partial charge on any atom is 0.258 e. The lowest BCUT2D eigenvalue weighted by Gasteiger charge is -2.15. The van der Waals surface area contributed by atoms with E-state index < -0.39 is 0 Å². The molecule has 0 unspecified atom stereocenters. The van der Waals surface area contributed by atoms with Crippen LogP contribution in [0.15, 0.2) is 23.3 Å². The summed E-state index contributed by atoms with van der Waals surface area (Å²) in [5, 5.41) is 0.812. The van der Waals surface area contributed by atoms with Crippen LogP contribution in [0.1, 0.15) is 36.8 Å². The number of rotatable bonds is 0. The lowest BCUT2D eigenvalue weighted by Crippen LogP contribution is -2.11. The second-order valence-corrected chi connectivity index (χ2v) is 4.74. The van der Waals surface area contributed by atoms with Crippen LogP contribution in [-0.4, -0.2) is 9.97 Å². The molecule has 0 amide bonds. The van der Waals surface area contributed by atoms with Crippen molar-refractivity contribution < 1.29 is 0 Å². The minimum absolute atomic E-state index is 0.00687. The first-order chi connectivity index (χ1) is 8.36. The molecule has 0 radical (unpaired) electrons. The van der Waals surface area contributed by atoms with Crippen LogP contribution in [0.5, 0.6) is 0 Å². The Morgan fingerprint density at radius 3 is 2.76 bits per heavy atom. The van der Waals surface area contributed by atoms with E-state index in [0.29, 0.717) is 0 Å². The molecule has 3 rings (SSSR count). The number of hydrogen-bond acceptors (Lipinski definition) is 2. The molecule has 1 aliphatic carbocycles. The second-order valence-electron chi connectivity index (χ2n) is 4.74. The molecule has 0 saturated carbocycles. The third kappa shape index (κ3) is 1.86. The van der Waals surface area contributed by atoms with Crippen LogP contribution in [-0.2, 0) is 12.8 Å². The number of nitrogens with zero attached hydrogens (tertiary/aromatic N) is 1. The van der Waals surface area contributed by atoms with Crippen molar-refractivity contribution in [2.45, 2.75) is 38.5 Å². The number of aromatic nitrogens is 2. The fourth-order valence-corrected chi connectivity index (χ4v) is 2.76. The summed E-state index contributed by atoms with van der Waals surface area (Å²) in [6.07, 6.45) is 8.59. The van der Waals surface area contributed by atoms with Gasteiger partial charge in [0.2, 0.25) is 0 Å². The standard InChI is InChI=1S/C14H16N2O/c17-14-13-11-6-4-2-1-3-5-10(11)7-8-12(13)15-9-16-14/h7-9H,1-6H2,(H,15,16,17). The average Bonchev–Trinajstić information content (AvgIpc) is 2.30. The summed E-state index contributed by atoms with van der Waals surface area (Å²) in [7, 11) is 0. The Balaban J connectivity index is 2.28. The van der Waals surface area contributed by atoms with Crippen molar-refractivity contribution in [3.8, 4) is 0 Å². The lowest BCUT2D eigenvalue weighted by atomic mass is 9.91. The van der Waals surface area contributed by atoms with E-state index in [0.717, 1.165) is 23.7 Å². The molecule has 0 bridgehead atoms. The van der Waals surface area contributed by atoms with Gasteiger partial charge in [-0.2, -0.15) is 0 Å². The van der Waals surface area contributed by atoms with Crippen molar-refractivity contribution in [3.05, 3.63) is 39.9 Å². The van der Waals surface area contributed by atoms with Gasteiger partial charge in [0.05, 0.1) is 17.2 Å². The Hall–Kier alpha value is -1.64. The highest BCUT2D eigenvalue weighted by molar-refractivity contribution is 5.82. The van der Waals surface area contributed by atoms with Crippen molar-refractivity contribution in [1.29, 1.82) is 0 Å². The average molecular weight is 228 g/mol. The fraction of sp³-hybridized carbons (Fsp3) is 0.429. The molecule has 0 aliphatic heterocycles. The van der Waals surface area contributed by atoms with Crippen LogP contribution in [0.3, 0.4) is 0 Å². The Morgan fingerprint density at radius 2 is 1.88 bits per heavy atom. The first kappa shape index (κ1) is 10.5. The van der Waals surface area contributed by atoms with Crippen LogP contribution >= 0.6 is 0 Å². The predicted octanol–water partition coefficient (Wildman–Crippen LogP) is 2.58. The summed E-state index contributed by atoms with van der Waals surface area (Å²) < 4.78 is 0. The summed E-state index contributed by atoms with van der Waals surface area (Å²) in [4.78, 5) is 18.9. The van der Waals surface area contributed by atoms with Gasteiger partial charge in [0.1, 0.15) is 0 Å². The van der Waals surface area contributed by atoms with Crippen LogP contribution in [0.25, 0.3) is 10.9 Å². The van der Waals surface area contributed by atoms with Gasteiger partial charge in [0.15, 0.2) is 0 Å². The number of hydrogen-bond donors (Lipinski definition) is 1. The number of aryl methyl sites for hydroxylation is 2. The summed E-state index contributed by atoms with van der Waals surface area (Å²) in [6.45, 7) is 0. The second kappa shape index (κ2) is 4.32. The molecule has 0 fully saturated rings. The first-order valence-corrected chi connectivity index (χ1v) is 6.34. The predicted molar refractivity (Wildman–Crippen MR) is 68.2 cm³/mol. The van der Waals surface area contributed by atoms with Crippen LogP contribution < -0.4 is 5.56 Å². The van der Waals surface area contributed by atoms with Gasteiger partial charge in [-0.15, -0.1) is 0 Å². The highest BCUT2D eigenvalue weighted by Gasteiger charge is 2.12. The van der Waals surface area contributed by atoms with Crippen molar-refractivity contribution in [2.24, 2.45) is 0 Å².